The summed E-state index contributed by atoms with van der Waals surface area (Å²) in [5.41, 5.74) is -4.43. The molecule has 1 aromatic rings. The molecule has 0 saturated carbocycles. The van der Waals surface area contributed by atoms with E-state index in [1.54, 1.807) is 62.3 Å². The minimum Gasteiger partial charge on any atom is -0.512 e. The molecule has 0 atom stereocenters. The van der Waals surface area contributed by atoms with E-state index in [1.165, 1.54) is 20.8 Å². The Hall–Kier alpha value is -3.96. The zero-order valence-electron chi connectivity index (χ0n) is 24.6. The molecule has 12 heteroatoms. The third kappa shape index (κ3) is 10.0. The van der Waals surface area contributed by atoms with Gasteiger partial charge in [0.2, 0.25) is 0 Å². The summed E-state index contributed by atoms with van der Waals surface area (Å²) in [6, 6.07) is 0. The van der Waals surface area contributed by atoms with Crippen LogP contribution in [0.15, 0.2) is 17.3 Å². The second-order valence-corrected chi connectivity index (χ2v) is 11.7. The van der Waals surface area contributed by atoms with Gasteiger partial charge in [0, 0.05) is 0 Å². The van der Waals surface area contributed by atoms with Crippen LogP contribution in [-0.2, 0) is 28.6 Å². The van der Waals surface area contributed by atoms with Gasteiger partial charge in [0.1, 0.15) is 50.8 Å². The van der Waals surface area contributed by atoms with Gasteiger partial charge in [-0.15, -0.1) is 0 Å². The number of aromatic nitrogens is 3. The summed E-state index contributed by atoms with van der Waals surface area (Å²) in [5, 5.41) is 31.2. The maximum absolute atomic E-state index is 13.0. The molecule has 39 heavy (non-hydrogen) atoms. The largest absolute Gasteiger partial charge is 0.512 e. The average molecular weight is 550 g/mol. The van der Waals surface area contributed by atoms with Crippen LogP contribution >= 0.6 is 0 Å². The SMILES string of the molecule is CC(O)=C(C(=O)OC(C)(C)C)c1nc(C(C(=O)OC(C)(C)C)=C(C)O)nc(C(C(=O)OC(C)(C)C)=C(C)O)n1. The molecule has 0 spiro atoms. The predicted molar refractivity (Wildman–Crippen MR) is 143 cm³/mol. The smallest absolute Gasteiger partial charge is 0.345 e. The highest BCUT2D eigenvalue weighted by molar-refractivity contribution is 6.19. The molecule has 0 aromatic carbocycles. The number of nitrogens with zero attached hydrogens (tertiary/aromatic N) is 3. The van der Waals surface area contributed by atoms with Crippen molar-refractivity contribution in [2.24, 2.45) is 0 Å². The van der Waals surface area contributed by atoms with Crippen LogP contribution < -0.4 is 0 Å². The highest BCUT2D eigenvalue weighted by atomic mass is 16.6. The number of aliphatic hydroxyl groups is 3. The minimum absolute atomic E-state index is 0.506. The van der Waals surface area contributed by atoms with Gasteiger partial charge in [0.05, 0.1) is 0 Å². The zero-order chi connectivity index (χ0) is 30.7. The van der Waals surface area contributed by atoms with Crippen LogP contribution in [0.4, 0.5) is 0 Å². The molecule has 1 aromatic heterocycles. The highest BCUT2D eigenvalue weighted by Crippen LogP contribution is 2.27. The monoisotopic (exact) mass is 549 g/mol. The van der Waals surface area contributed by atoms with Crippen molar-refractivity contribution in [3.05, 3.63) is 34.8 Å². The molecule has 0 fully saturated rings. The summed E-state index contributed by atoms with van der Waals surface area (Å²) < 4.78 is 16.1. The van der Waals surface area contributed by atoms with Crippen molar-refractivity contribution < 1.29 is 43.9 Å². The Labute approximate surface area is 228 Å². The van der Waals surface area contributed by atoms with Crippen molar-refractivity contribution >= 4 is 34.6 Å². The van der Waals surface area contributed by atoms with Crippen molar-refractivity contribution in [1.82, 2.24) is 15.0 Å². The molecule has 0 amide bonds. The Morgan fingerprint density at radius 3 is 0.795 bits per heavy atom. The number of hydrogen-bond donors (Lipinski definition) is 3. The van der Waals surface area contributed by atoms with Crippen LogP contribution in [-0.4, -0.2) is 65.0 Å². The van der Waals surface area contributed by atoms with E-state index in [1.807, 2.05) is 0 Å². The van der Waals surface area contributed by atoms with E-state index < -0.39 is 86.2 Å². The molecule has 0 radical (unpaired) electrons. The number of rotatable bonds is 6. The number of carbonyl (C=O) groups excluding carboxylic acids is 3. The van der Waals surface area contributed by atoms with Gasteiger partial charge in [-0.1, -0.05) is 0 Å². The van der Waals surface area contributed by atoms with E-state index in [9.17, 15) is 29.7 Å². The summed E-state index contributed by atoms with van der Waals surface area (Å²) in [7, 11) is 0. The van der Waals surface area contributed by atoms with E-state index in [2.05, 4.69) is 15.0 Å². The molecule has 0 aliphatic heterocycles. The summed E-state index contributed by atoms with van der Waals surface area (Å²) in [6.07, 6.45) is 0. The number of esters is 3. The first-order valence-corrected chi connectivity index (χ1v) is 12.1. The third-order valence-corrected chi connectivity index (χ3v) is 4.20. The first-order chi connectivity index (χ1) is 17.4. The average Bonchev–Trinajstić information content (AvgIpc) is 2.62. The zero-order valence-corrected chi connectivity index (χ0v) is 24.6. The summed E-state index contributed by atoms with van der Waals surface area (Å²) in [6.45, 7) is 18.0. The van der Waals surface area contributed by atoms with E-state index in [4.69, 9.17) is 14.2 Å². The number of aliphatic hydroxyl groups excluding tert-OH is 3. The quantitative estimate of drug-likeness (QED) is 0.192. The maximum Gasteiger partial charge on any atom is 0.345 e. The van der Waals surface area contributed by atoms with E-state index >= 15 is 0 Å². The summed E-state index contributed by atoms with van der Waals surface area (Å²) in [5.74, 6) is -6.19. The van der Waals surface area contributed by atoms with Crippen LogP contribution in [0.5, 0.6) is 0 Å². The maximum atomic E-state index is 13.0. The molecular formula is C27H39N3O9. The third-order valence-electron chi connectivity index (χ3n) is 4.20. The van der Waals surface area contributed by atoms with E-state index in [-0.39, 0.29) is 0 Å². The van der Waals surface area contributed by atoms with E-state index in [0.29, 0.717) is 0 Å². The van der Waals surface area contributed by atoms with Gasteiger partial charge < -0.3 is 29.5 Å². The van der Waals surface area contributed by atoms with E-state index in [0.717, 1.165) is 0 Å². The normalized spacial score (nSPS) is 14.5. The number of hydrogen-bond acceptors (Lipinski definition) is 12. The van der Waals surface area contributed by atoms with Crippen LogP contribution in [0.1, 0.15) is 101 Å². The molecule has 12 nitrogen and oxygen atoms in total. The molecule has 0 unspecified atom stereocenters. The molecule has 0 aliphatic rings. The molecule has 1 rings (SSSR count). The van der Waals surface area contributed by atoms with Gasteiger partial charge >= 0.3 is 17.9 Å². The Morgan fingerprint density at radius 1 is 0.487 bits per heavy atom. The fraction of sp³-hybridized carbons (Fsp3) is 0.556. The molecular weight excluding hydrogens is 510 g/mol. The first-order valence-electron chi connectivity index (χ1n) is 12.1. The van der Waals surface area contributed by atoms with Crippen molar-refractivity contribution in [2.45, 2.75) is 99.9 Å². The van der Waals surface area contributed by atoms with Crippen LogP contribution in [0, 0.1) is 0 Å². The van der Waals surface area contributed by atoms with Crippen LogP contribution in [0.25, 0.3) is 16.7 Å². The van der Waals surface area contributed by atoms with Crippen molar-refractivity contribution in [3.8, 4) is 0 Å². The molecule has 0 aliphatic carbocycles. The second-order valence-electron chi connectivity index (χ2n) is 11.7. The van der Waals surface area contributed by atoms with Crippen molar-refractivity contribution in [3.63, 3.8) is 0 Å². The predicted octanol–water partition coefficient (Wildman–Crippen LogP) is 4.76. The first kappa shape index (κ1) is 33.1. The Bertz CT molecular complexity index is 1060. The van der Waals surface area contributed by atoms with Gasteiger partial charge in [-0.05, 0) is 83.1 Å². The fourth-order valence-corrected chi connectivity index (χ4v) is 2.90. The lowest BCUT2D eigenvalue weighted by atomic mass is 10.1. The van der Waals surface area contributed by atoms with Gasteiger partial charge in [-0.3, -0.25) is 0 Å². The number of carbonyl (C=O) groups is 3. The Kier molecular flexibility index (Phi) is 10.0. The standard InChI is InChI=1S/C27H39N3O9/c1-13(31)16(22(34)37-25(4,5)6)19-28-20(17(14(2)32)23(35)38-26(7,8)9)30-21(29-19)18(15(3)33)24(36)39-27(10,11)12/h31-33H,1-12H3. The lowest BCUT2D eigenvalue weighted by Crippen LogP contribution is -2.28. The minimum atomic E-state index is -1.02. The van der Waals surface area contributed by atoms with Crippen molar-refractivity contribution in [1.29, 1.82) is 0 Å². The van der Waals surface area contributed by atoms with Crippen molar-refractivity contribution in [2.75, 3.05) is 0 Å². The van der Waals surface area contributed by atoms with Gasteiger partial charge in [-0.2, -0.15) is 0 Å². The molecule has 0 bridgehead atoms. The molecule has 0 saturated heterocycles. The van der Waals surface area contributed by atoms with Gasteiger partial charge in [-0.25, -0.2) is 29.3 Å². The fourth-order valence-electron chi connectivity index (χ4n) is 2.90. The van der Waals surface area contributed by atoms with Gasteiger partial charge in [0.25, 0.3) is 0 Å². The number of ether oxygens (including phenoxy) is 3. The lowest BCUT2D eigenvalue weighted by molar-refractivity contribution is -0.148. The lowest BCUT2D eigenvalue weighted by Gasteiger charge is -2.22. The Balaban J connectivity index is 4.12. The van der Waals surface area contributed by atoms with Crippen LogP contribution in [0.3, 0.4) is 0 Å². The summed E-state index contributed by atoms with van der Waals surface area (Å²) >= 11 is 0. The van der Waals surface area contributed by atoms with Gasteiger partial charge in [0.15, 0.2) is 17.5 Å². The molecule has 3 N–H and O–H groups in total. The molecule has 216 valence electrons. The molecule has 1 heterocycles. The van der Waals surface area contributed by atoms with Crippen LogP contribution in [0.2, 0.25) is 0 Å². The highest BCUT2D eigenvalue weighted by Gasteiger charge is 2.33. The second kappa shape index (κ2) is 11.8. The topological polar surface area (TPSA) is 178 Å². The Morgan fingerprint density at radius 2 is 0.667 bits per heavy atom. The summed E-state index contributed by atoms with van der Waals surface area (Å²) in [4.78, 5) is 51.5. The number of allylic oxidation sites excluding steroid dienone is 3.